The maximum atomic E-state index is 12.7. The fourth-order valence-electron chi connectivity index (χ4n) is 3.51. The Morgan fingerprint density at radius 1 is 1.26 bits per heavy atom. The first-order valence-corrected chi connectivity index (χ1v) is 8.98. The molecule has 1 aromatic heterocycles. The van der Waals surface area contributed by atoms with Crippen LogP contribution < -0.4 is 5.73 Å². The van der Waals surface area contributed by atoms with E-state index < -0.39 is 0 Å². The molecule has 1 fully saturated rings. The summed E-state index contributed by atoms with van der Waals surface area (Å²) >= 11 is 0. The van der Waals surface area contributed by atoms with E-state index in [9.17, 15) is 14.9 Å². The average Bonchev–Trinajstić information content (AvgIpc) is 2.67. The van der Waals surface area contributed by atoms with Gasteiger partial charge in [-0.3, -0.25) is 14.6 Å². The van der Waals surface area contributed by atoms with Crippen molar-refractivity contribution in [3.05, 3.63) is 52.7 Å². The summed E-state index contributed by atoms with van der Waals surface area (Å²) in [5.41, 5.74) is 9.80. The number of nitrogens with two attached hydrogens (primary N) is 1. The summed E-state index contributed by atoms with van der Waals surface area (Å²) in [5.74, 6) is -0.705. The van der Waals surface area contributed by atoms with E-state index in [0.29, 0.717) is 29.9 Å². The Morgan fingerprint density at radius 3 is 2.56 bits per heavy atom. The first-order chi connectivity index (χ1) is 12.9. The molecule has 6 heteroatoms. The first kappa shape index (κ1) is 18.6. The van der Waals surface area contributed by atoms with Crippen LogP contribution >= 0.6 is 0 Å². The topological polar surface area (TPSA) is 100 Å². The third kappa shape index (κ3) is 3.82. The molecule has 1 atom stereocenters. The fraction of sp³-hybridized carbons (Fsp3) is 0.333. The van der Waals surface area contributed by atoms with Crippen LogP contribution in [-0.2, 0) is 4.79 Å². The quantitative estimate of drug-likeness (QED) is 0.907. The third-order valence-corrected chi connectivity index (χ3v) is 5.05. The Morgan fingerprint density at radius 2 is 1.96 bits per heavy atom. The minimum Gasteiger partial charge on any atom is -0.369 e. The van der Waals surface area contributed by atoms with E-state index in [1.54, 1.807) is 17.0 Å². The number of likely N-dealkylation sites (tertiary alicyclic amines) is 1. The lowest BCUT2D eigenvalue weighted by molar-refractivity contribution is -0.123. The van der Waals surface area contributed by atoms with E-state index in [4.69, 9.17) is 5.73 Å². The largest absolute Gasteiger partial charge is 0.369 e. The van der Waals surface area contributed by atoms with E-state index >= 15 is 0 Å². The molecular weight excluding hydrogens is 340 g/mol. The minimum absolute atomic E-state index is 0.0901. The number of nitriles is 1. The number of amides is 2. The van der Waals surface area contributed by atoms with Crippen LogP contribution in [0.1, 0.15) is 40.0 Å². The van der Waals surface area contributed by atoms with Crippen molar-refractivity contribution < 1.29 is 9.59 Å². The van der Waals surface area contributed by atoms with Crippen LogP contribution in [0, 0.1) is 31.1 Å². The molecule has 1 aliphatic heterocycles. The van der Waals surface area contributed by atoms with Gasteiger partial charge in [0, 0.05) is 24.2 Å². The predicted octanol–water partition coefficient (Wildman–Crippen LogP) is 2.57. The van der Waals surface area contributed by atoms with E-state index in [0.717, 1.165) is 29.7 Å². The third-order valence-electron chi connectivity index (χ3n) is 5.05. The number of carbonyl (C=O) groups is 2. The number of hydrogen-bond acceptors (Lipinski definition) is 4. The van der Waals surface area contributed by atoms with Crippen molar-refractivity contribution in [3.8, 4) is 17.3 Å². The van der Waals surface area contributed by atoms with Crippen LogP contribution in [0.3, 0.4) is 0 Å². The van der Waals surface area contributed by atoms with Gasteiger partial charge in [-0.2, -0.15) is 5.26 Å². The Hall–Kier alpha value is -3.20. The summed E-state index contributed by atoms with van der Waals surface area (Å²) in [6, 6.07) is 11.3. The van der Waals surface area contributed by atoms with Crippen LogP contribution in [0.2, 0.25) is 0 Å². The van der Waals surface area contributed by atoms with Crippen molar-refractivity contribution in [1.82, 2.24) is 9.88 Å². The number of rotatable bonds is 3. The van der Waals surface area contributed by atoms with Crippen molar-refractivity contribution in [2.24, 2.45) is 11.7 Å². The van der Waals surface area contributed by atoms with Gasteiger partial charge in [-0.25, -0.2) is 0 Å². The van der Waals surface area contributed by atoms with Gasteiger partial charge in [0.15, 0.2) is 0 Å². The summed E-state index contributed by atoms with van der Waals surface area (Å²) < 4.78 is 0. The van der Waals surface area contributed by atoms with Gasteiger partial charge >= 0.3 is 0 Å². The fourth-order valence-corrected chi connectivity index (χ4v) is 3.51. The number of aromatic nitrogens is 1. The molecule has 0 saturated carbocycles. The summed E-state index contributed by atoms with van der Waals surface area (Å²) in [4.78, 5) is 30.3. The molecule has 0 spiro atoms. The Labute approximate surface area is 158 Å². The van der Waals surface area contributed by atoms with Crippen molar-refractivity contribution >= 4 is 11.8 Å². The lowest BCUT2D eigenvalue weighted by atomic mass is 9.96. The number of nitrogens with zero attached hydrogens (tertiary/aromatic N) is 3. The number of piperidine rings is 1. The van der Waals surface area contributed by atoms with Crippen LogP contribution in [0.4, 0.5) is 0 Å². The van der Waals surface area contributed by atoms with Gasteiger partial charge in [-0.15, -0.1) is 0 Å². The monoisotopic (exact) mass is 362 g/mol. The van der Waals surface area contributed by atoms with Gasteiger partial charge in [-0.05, 0) is 50.5 Å². The first-order valence-electron chi connectivity index (χ1n) is 8.98. The van der Waals surface area contributed by atoms with E-state index in [2.05, 4.69) is 11.1 Å². The van der Waals surface area contributed by atoms with Crippen molar-refractivity contribution in [2.45, 2.75) is 26.7 Å². The maximum absolute atomic E-state index is 12.7. The molecule has 1 saturated heterocycles. The molecule has 2 heterocycles. The standard InChI is InChI=1S/C21H22N4O2/c1-13-10-19(24-14(2)18(13)11-22)15-5-7-16(8-6-15)21(27)25-9-3-4-17(12-25)20(23)26/h5-8,10,17H,3-4,9,12H2,1-2H3,(H2,23,26)/t17-/m0/s1. The molecular formula is C21H22N4O2. The number of benzene rings is 1. The van der Waals surface area contributed by atoms with Gasteiger partial charge < -0.3 is 10.6 Å². The van der Waals surface area contributed by atoms with Crippen molar-refractivity contribution in [3.63, 3.8) is 0 Å². The predicted molar refractivity (Wildman–Crippen MR) is 102 cm³/mol. The summed E-state index contributed by atoms with van der Waals surface area (Å²) in [7, 11) is 0. The van der Waals surface area contributed by atoms with E-state index in [-0.39, 0.29) is 17.7 Å². The molecule has 2 aromatic rings. The maximum Gasteiger partial charge on any atom is 0.253 e. The molecule has 0 unspecified atom stereocenters. The molecule has 1 aromatic carbocycles. The molecule has 0 bridgehead atoms. The number of pyridine rings is 1. The molecule has 138 valence electrons. The smallest absolute Gasteiger partial charge is 0.253 e. The second-order valence-corrected chi connectivity index (χ2v) is 6.97. The zero-order chi connectivity index (χ0) is 19.6. The van der Waals surface area contributed by atoms with Crippen LogP contribution in [0.5, 0.6) is 0 Å². The van der Waals surface area contributed by atoms with Crippen molar-refractivity contribution in [1.29, 1.82) is 5.26 Å². The average molecular weight is 362 g/mol. The van der Waals surface area contributed by atoms with Crippen molar-refractivity contribution in [2.75, 3.05) is 13.1 Å². The van der Waals surface area contributed by atoms with Gasteiger partial charge in [0.1, 0.15) is 6.07 Å². The lowest BCUT2D eigenvalue weighted by Gasteiger charge is -2.31. The second-order valence-electron chi connectivity index (χ2n) is 6.97. The molecule has 1 aliphatic rings. The molecule has 0 radical (unpaired) electrons. The molecule has 2 amide bonds. The number of hydrogen-bond donors (Lipinski definition) is 1. The highest BCUT2D eigenvalue weighted by atomic mass is 16.2. The summed E-state index contributed by atoms with van der Waals surface area (Å²) in [5, 5.41) is 9.17. The molecule has 27 heavy (non-hydrogen) atoms. The number of primary amides is 1. The molecule has 2 N–H and O–H groups in total. The normalized spacial score (nSPS) is 16.6. The second kappa shape index (κ2) is 7.58. The van der Waals surface area contributed by atoms with Crippen LogP contribution in [0.15, 0.2) is 30.3 Å². The van der Waals surface area contributed by atoms with Crippen LogP contribution in [-0.4, -0.2) is 34.8 Å². The Balaban J connectivity index is 1.80. The van der Waals surface area contributed by atoms with E-state index in [1.165, 1.54) is 0 Å². The Kier molecular flexibility index (Phi) is 5.22. The summed E-state index contributed by atoms with van der Waals surface area (Å²) in [6.45, 7) is 4.73. The molecule has 6 nitrogen and oxygen atoms in total. The van der Waals surface area contributed by atoms with Gasteiger partial charge in [0.05, 0.1) is 22.9 Å². The molecule has 0 aliphatic carbocycles. The number of carbonyl (C=O) groups excluding carboxylic acids is 2. The SMILES string of the molecule is Cc1cc(-c2ccc(C(=O)N3CCC[C@H](C(N)=O)C3)cc2)nc(C)c1C#N. The zero-order valence-electron chi connectivity index (χ0n) is 15.5. The van der Waals surface area contributed by atoms with Gasteiger partial charge in [-0.1, -0.05) is 12.1 Å². The lowest BCUT2D eigenvalue weighted by Crippen LogP contribution is -2.44. The minimum atomic E-state index is -0.347. The highest BCUT2D eigenvalue weighted by Crippen LogP contribution is 2.23. The summed E-state index contributed by atoms with van der Waals surface area (Å²) in [6.07, 6.45) is 1.52. The van der Waals surface area contributed by atoms with E-state index in [1.807, 2.05) is 32.0 Å². The highest BCUT2D eigenvalue weighted by molar-refractivity contribution is 5.95. The van der Waals surface area contributed by atoms with Gasteiger partial charge in [0.25, 0.3) is 5.91 Å². The Bertz CT molecular complexity index is 905. The number of aryl methyl sites for hydroxylation is 2. The molecule has 3 rings (SSSR count). The zero-order valence-corrected chi connectivity index (χ0v) is 15.5. The van der Waals surface area contributed by atoms with Gasteiger partial charge in [0.2, 0.25) is 5.91 Å². The highest BCUT2D eigenvalue weighted by Gasteiger charge is 2.27. The van der Waals surface area contributed by atoms with Crippen LogP contribution in [0.25, 0.3) is 11.3 Å².